The fourth-order valence-electron chi connectivity index (χ4n) is 1.25. The van der Waals surface area contributed by atoms with E-state index in [9.17, 15) is 0 Å². The molecule has 0 saturated carbocycles. The number of halogens is 2. The first-order valence-corrected chi connectivity index (χ1v) is 5.89. The molecular weight excluding hydrogens is 324 g/mol. The van der Waals surface area contributed by atoms with Crippen LogP contribution in [0, 0.1) is 0 Å². The second-order valence-electron chi connectivity index (χ2n) is 3.04. The maximum absolute atomic E-state index is 9.02. The fraction of sp³-hybridized carbons (Fsp3) is 0.100. The number of aromatic nitrogens is 2. The van der Waals surface area contributed by atoms with Crippen LogP contribution in [0.5, 0.6) is 0 Å². The molecule has 1 aromatic heterocycles. The third-order valence-electron chi connectivity index (χ3n) is 2.02. The number of hydrogen-bond donors (Lipinski definition) is 1. The molecular formula is C10H8Br2N2O. The van der Waals surface area contributed by atoms with Gasteiger partial charge in [0, 0.05) is 10.7 Å². The summed E-state index contributed by atoms with van der Waals surface area (Å²) < 4.78 is 3.58. The predicted molar refractivity (Wildman–Crippen MR) is 64.9 cm³/mol. The number of nitrogens with zero attached hydrogens (tertiary/aromatic N) is 2. The maximum Gasteiger partial charge on any atom is 0.0692 e. The Labute approximate surface area is 104 Å². The van der Waals surface area contributed by atoms with Crippen molar-refractivity contribution in [1.82, 2.24) is 9.78 Å². The van der Waals surface area contributed by atoms with E-state index in [-0.39, 0.29) is 6.61 Å². The Hall–Kier alpha value is -0.650. The van der Waals surface area contributed by atoms with Crippen LogP contribution in [0.4, 0.5) is 0 Å². The number of rotatable bonds is 2. The van der Waals surface area contributed by atoms with E-state index in [2.05, 4.69) is 37.0 Å². The van der Waals surface area contributed by atoms with E-state index in [4.69, 9.17) is 5.11 Å². The smallest absolute Gasteiger partial charge is 0.0692 e. The topological polar surface area (TPSA) is 38.0 Å². The van der Waals surface area contributed by atoms with Gasteiger partial charge in [-0.05, 0) is 33.6 Å². The Morgan fingerprint density at radius 2 is 2.13 bits per heavy atom. The van der Waals surface area contributed by atoms with Gasteiger partial charge in [-0.1, -0.05) is 22.0 Å². The Kier molecular flexibility index (Phi) is 3.23. The molecule has 1 N–H and O–H groups in total. The first-order valence-electron chi connectivity index (χ1n) is 4.30. The molecule has 0 aliphatic heterocycles. The van der Waals surface area contributed by atoms with Crippen molar-refractivity contribution in [2.45, 2.75) is 6.61 Å². The summed E-state index contributed by atoms with van der Waals surface area (Å²) in [5.41, 5.74) is 1.81. The maximum atomic E-state index is 9.02. The Balaban J connectivity index is 2.42. The van der Waals surface area contributed by atoms with Crippen molar-refractivity contribution in [3.8, 4) is 5.69 Å². The fourth-order valence-corrected chi connectivity index (χ4v) is 2.03. The second kappa shape index (κ2) is 4.47. The molecule has 1 aromatic carbocycles. The minimum atomic E-state index is 0.0314. The molecule has 0 radical (unpaired) electrons. The standard InChI is InChI=1S/C10H8Br2N2O/c11-8-4-13-14(5-8)9-2-1-7(6-15)10(12)3-9/h1-5,15H,6H2. The van der Waals surface area contributed by atoms with Gasteiger partial charge in [0.2, 0.25) is 0 Å². The zero-order chi connectivity index (χ0) is 10.8. The molecule has 0 bridgehead atoms. The minimum Gasteiger partial charge on any atom is -0.392 e. The molecule has 15 heavy (non-hydrogen) atoms. The number of aliphatic hydroxyl groups is 1. The van der Waals surface area contributed by atoms with Gasteiger partial charge >= 0.3 is 0 Å². The largest absolute Gasteiger partial charge is 0.392 e. The van der Waals surface area contributed by atoms with Gasteiger partial charge in [0.05, 0.1) is 23.0 Å². The summed E-state index contributed by atoms with van der Waals surface area (Å²) in [5, 5.41) is 13.2. The summed E-state index contributed by atoms with van der Waals surface area (Å²) in [4.78, 5) is 0. The van der Waals surface area contributed by atoms with Crippen LogP contribution in [0.1, 0.15) is 5.56 Å². The lowest BCUT2D eigenvalue weighted by molar-refractivity contribution is 0.281. The number of hydrogen-bond acceptors (Lipinski definition) is 2. The number of aliphatic hydroxyl groups excluding tert-OH is 1. The molecule has 2 rings (SSSR count). The molecule has 0 fully saturated rings. The Morgan fingerprint density at radius 3 is 2.67 bits per heavy atom. The van der Waals surface area contributed by atoms with Crippen LogP contribution in [-0.2, 0) is 6.61 Å². The minimum absolute atomic E-state index is 0.0314. The van der Waals surface area contributed by atoms with E-state index in [1.165, 1.54) is 0 Å². The Morgan fingerprint density at radius 1 is 1.33 bits per heavy atom. The molecule has 0 amide bonds. The lowest BCUT2D eigenvalue weighted by Crippen LogP contribution is -1.95. The highest BCUT2D eigenvalue weighted by Crippen LogP contribution is 2.21. The van der Waals surface area contributed by atoms with Crippen molar-refractivity contribution in [3.63, 3.8) is 0 Å². The summed E-state index contributed by atoms with van der Waals surface area (Å²) in [6.45, 7) is 0.0314. The van der Waals surface area contributed by atoms with Crippen LogP contribution in [0.3, 0.4) is 0 Å². The molecule has 0 aliphatic rings. The van der Waals surface area contributed by atoms with Crippen LogP contribution in [0.15, 0.2) is 39.5 Å². The lowest BCUT2D eigenvalue weighted by atomic mass is 10.2. The van der Waals surface area contributed by atoms with Crippen molar-refractivity contribution in [1.29, 1.82) is 0 Å². The molecule has 0 saturated heterocycles. The number of benzene rings is 1. The highest BCUT2D eigenvalue weighted by Gasteiger charge is 2.03. The molecule has 0 unspecified atom stereocenters. The van der Waals surface area contributed by atoms with E-state index in [1.54, 1.807) is 10.9 Å². The van der Waals surface area contributed by atoms with Gasteiger partial charge < -0.3 is 5.11 Å². The average Bonchev–Trinajstić information content (AvgIpc) is 2.65. The molecule has 5 heteroatoms. The van der Waals surface area contributed by atoms with E-state index in [0.717, 1.165) is 20.2 Å². The van der Waals surface area contributed by atoms with E-state index in [0.29, 0.717) is 0 Å². The quantitative estimate of drug-likeness (QED) is 0.918. The summed E-state index contributed by atoms with van der Waals surface area (Å²) >= 11 is 6.74. The molecule has 78 valence electrons. The second-order valence-corrected chi connectivity index (χ2v) is 4.81. The van der Waals surface area contributed by atoms with Crippen molar-refractivity contribution >= 4 is 31.9 Å². The molecule has 0 spiro atoms. The molecule has 2 aromatic rings. The van der Waals surface area contributed by atoms with Crippen molar-refractivity contribution in [2.24, 2.45) is 0 Å². The van der Waals surface area contributed by atoms with Crippen LogP contribution < -0.4 is 0 Å². The van der Waals surface area contributed by atoms with E-state index >= 15 is 0 Å². The van der Waals surface area contributed by atoms with Crippen molar-refractivity contribution in [3.05, 3.63) is 45.1 Å². The van der Waals surface area contributed by atoms with Gasteiger partial charge in [0.15, 0.2) is 0 Å². The van der Waals surface area contributed by atoms with Crippen LogP contribution in [0.25, 0.3) is 5.69 Å². The average molecular weight is 332 g/mol. The third kappa shape index (κ3) is 2.30. The molecule has 0 atom stereocenters. The van der Waals surface area contributed by atoms with Crippen molar-refractivity contribution < 1.29 is 5.11 Å². The van der Waals surface area contributed by atoms with Gasteiger partial charge in [0.1, 0.15) is 0 Å². The van der Waals surface area contributed by atoms with Gasteiger partial charge in [-0.3, -0.25) is 0 Å². The van der Waals surface area contributed by atoms with Gasteiger partial charge in [-0.25, -0.2) is 4.68 Å². The Bertz CT molecular complexity index is 482. The zero-order valence-electron chi connectivity index (χ0n) is 7.69. The predicted octanol–water partition coefficient (Wildman–Crippen LogP) is 2.89. The van der Waals surface area contributed by atoms with E-state index < -0.39 is 0 Å². The van der Waals surface area contributed by atoms with Crippen LogP contribution in [0.2, 0.25) is 0 Å². The molecule has 3 nitrogen and oxygen atoms in total. The van der Waals surface area contributed by atoms with Crippen LogP contribution >= 0.6 is 31.9 Å². The first kappa shape index (κ1) is 10.9. The SMILES string of the molecule is OCc1ccc(-n2cc(Br)cn2)cc1Br. The summed E-state index contributed by atoms with van der Waals surface area (Å²) in [6, 6.07) is 5.70. The monoisotopic (exact) mass is 330 g/mol. The zero-order valence-corrected chi connectivity index (χ0v) is 10.9. The first-order chi connectivity index (χ1) is 7.20. The summed E-state index contributed by atoms with van der Waals surface area (Å²) in [5.74, 6) is 0. The highest BCUT2D eigenvalue weighted by atomic mass is 79.9. The summed E-state index contributed by atoms with van der Waals surface area (Å²) in [6.07, 6.45) is 3.61. The normalized spacial score (nSPS) is 10.6. The third-order valence-corrected chi connectivity index (χ3v) is 3.17. The van der Waals surface area contributed by atoms with Gasteiger partial charge in [0.25, 0.3) is 0 Å². The van der Waals surface area contributed by atoms with E-state index in [1.807, 2.05) is 24.4 Å². The highest BCUT2D eigenvalue weighted by molar-refractivity contribution is 9.10. The van der Waals surface area contributed by atoms with Crippen LogP contribution in [-0.4, -0.2) is 14.9 Å². The lowest BCUT2D eigenvalue weighted by Gasteiger charge is -2.04. The molecule has 1 heterocycles. The summed E-state index contributed by atoms with van der Waals surface area (Å²) in [7, 11) is 0. The van der Waals surface area contributed by atoms with Crippen molar-refractivity contribution in [2.75, 3.05) is 0 Å². The molecule has 0 aliphatic carbocycles. The van der Waals surface area contributed by atoms with Gasteiger partial charge in [-0.2, -0.15) is 5.10 Å². The van der Waals surface area contributed by atoms with Gasteiger partial charge in [-0.15, -0.1) is 0 Å².